The average molecular weight is 693 g/mol. The van der Waals surface area contributed by atoms with Crippen LogP contribution >= 0.6 is 11.6 Å². The minimum Gasteiger partial charge on any atom is -0.481 e. The number of hydrogen-bond acceptors (Lipinski definition) is 9. The van der Waals surface area contributed by atoms with Gasteiger partial charge in [0.05, 0.1) is 36.1 Å². The van der Waals surface area contributed by atoms with E-state index in [0.29, 0.717) is 65.2 Å². The van der Waals surface area contributed by atoms with E-state index in [0.717, 1.165) is 26.3 Å². The second-order valence-electron chi connectivity index (χ2n) is 11.8. The van der Waals surface area contributed by atoms with Gasteiger partial charge in [-0.05, 0) is 42.7 Å². The Kier molecular flexibility index (Phi) is 9.79. The molecule has 0 radical (unpaired) electrons. The van der Waals surface area contributed by atoms with E-state index in [-0.39, 0.29) is 22.8 Å². The molecule has 1 aliphatic heterocycles. The molecule has 4 heterocycles. The predicted octanol–water partition coefficient (Wildman–Crippen LogP) is 5.25. The second kappa shape index (κ2) is 14.0. The number of alkyl halides is 2. The zero-order chi connectivity index (χ0) is 35.0. The molecule has 2 unspecified atom stereocenters. The number of anilines is 2. The van der Waals surface area contributed by atoms with Crippen molar-refractivity contribution in [2.45, 2.75) is 38.5 Å². The zero-order valence-corrected chi connectivity index (χ0v) is 28.0. The highest BCUT2D eigenvalue weighted by atomic mass is 35.5. The van der Waals surface area contributed by atoms with Crippen molar-refractivity contribution in [2.24, 2.45) is 14.1 Å². The summed E-state index contributed by atoms with van der Waals surface area (Å²) in [6.45, 7) is 3.16. The maximum Gasteiger partial charge on any atom is 0.330 e. The molecule has 0 saturated carbocycles. The highest BCUT2D eigenvalue weighted by molar-refractivity contribution is 6.36. The molecule has 5 aromatic rings. The van der Waals surface area contributed by atoms with E-state index in [1.54, 1.807) is 19.2 Å². The number of aliphatic hydroxyl groups is 1. The molecule has 3 aromatic heterocycles. The Labute approximate surface area is 285 Å². The number of aryl methyl sites for hydroxylation is 1. The minimum atomic E-state index is -2.93. The van der Waals surface area contributed by atoms with Crippen LogP contribution in [-0.2, 0) is 25.4 Å². The Bertz CT molecular complexity index is 2170. The Morgan fingerprint density at radius 1 is 1.06 bits per heavy atom. The van der Waals surface area contributed by atoms with Crippen LogP contribution in [0.3, 0.4) is 0 Å². The molecule has 2 atom stereocenters. The molecule has 1 fully saturated rings. The fraction of sp³-hybridized carbons (Fsp3) is 0.314. The van der Waals surface area contributed by atoms with Crippen molar-refractivity contribution >= 4 is 34.0 Å². The lowest BCUT2D eigenvalue weighted by atomic mass is 9.96. The number of ether oxygens (including phenoxy) is 2. The van der Waals surface area contributed by atoms with E-state index < -0.39 is 29.5 Å². The predicted molar refractivity (Wildman–Crippen MR) is 184 cm³/mol. The van der Waals surface area contributed by atoms with Gasteiger partial charge < -0.3 is 25.2 Å². The first kappa shape index (κ1) is 34.2. The number of halogens is 3. The van der Waals surface area contributed by atoms with E-state index in [1.165, 1.54) is 14.1 Å². The quantitative estimate of drug-likeness (QED) is 0.190. The first-order valence-corrected chi connectivity index (χ1v) is 16.0. The summed E-state index contributed by atoms with van der Waals surface area (Å²) in [5.41, 5.74) is 2.88. The third-order valence-electron chi connectivity index (χ3n) is 8.86. The molecule has 0 bridgehead atoms. The fourth-order valence-electron chi connectivity index (χ4n) is 6.07. The van der Waals surface area contributed by atoms with Gasteiger partial charge in [-0.2, -0.15) is 0 Å². The molecule has 0 amide bonds. The van der Waals surface area contributed by atoms with Crippen LogP contribution < -0.4 is 26.6 Å². The van der Waals surface area contributed by atoms with Gasteiger partial charge in [0.2, 0.25) is 5.88 Å². The van der Waals surface area contributed by atoms with Gasteiger partial charge in [0.25, 0.3) is 12.0 Å². The molecule has 1 aliphatic rings. The van der Waals surface area contributed by atoms with Gasteiger partial charge in [-0.25, -0.2) is 23.5 Å². The maximum absolute atomic E-state index is 13.9. The summed E-state index contributed by atoms with van der Waals surface area (Å²) in [6.07, 6.45) is -2.83. The summed E-state index contributed by atoms with van der Waals surface area (Å²) in [5.74, 6) is 0.325. The number of pyridine rings is 2. The minimum absolute atomic E-state index is 0.00133. The lowest BCUT2D eigenvalue weighted by Crippen LogP contribution is -2.46. The van der Waals surface area contributed by atoms with Crippen molar-refractivity contribution in [2.75, 3.05) is 25.6 Å². The number of hydrogen-bond donors (Lipinski definition) is 3. The van der Waals surface area contributed by atoms with Gasteiger partial charge in [0.1, 0.15) is 16.9 Å². The van der Waals surface area contributed by atoms with Gasteiger partial charge in [0, 0.05) is 55.7 Å². The normalized spacial score (nSPS) is 16.3. The lowest BCUT2D eigenvalue weighted by Gasteiger charge is -2.28. The number of nitrogens with zero attached hydrogens (tertiary/aromatic N) is 4. The van der Waals surface area contributed by atoms with Crippen LogP contribution in [0.5, 0.6) is 5.88 Å². The van der Waals surface area contributed by atoms with Crippen molar-refractivity contribution in [1.82, 2.24) is 24.4 Å². The third kappa shape index (κ3) is 6.54. The summed E-state index contributed by atoms with van der Waals surface area (Å²) in [4.78, 5) is 34.6. The monoisotopic (exact) mass is 692 g/mol. The number of methoxy groups -OCH3 is 1. The fourth-order valence-corrected chi connectivity index (χ4v) is 6.40. The first-order valence-electron chi connectivity index (χ1n) is 15.6. The second-order valence-corrected chi connectivity index (χ2v) is 12.2. The molecule has 3 N–H and O–H groups in total. The molecule has 2 aromatic carbocycles. The Hall–Kier alpha value is -4.69. The van der Waals surface area contributed by atoms with Gasteiger partial charge in [-0.1, -0.05) is 48.0 Å². The number of nitrogens with one attached hydrogen (secondary N) is 2. The highest BCUT2D eigenvalue weighted by Crippen LogP contribution is 2.40. The molecule has 0 aliphatic carbocycles. The summed E-state index contributed by atoms with van der Waals surface area (Å²) in [6, 6.07) is 15.7. The molecular weight excluding hydrogens is 658 g/mol. The SMILES string of the molecule is COc1nc(-c2cccc(-c3cccc(Nc4nc(C(F)F)cc5c4c(=O)n(C)c(=O)n5C)c3C)c2Cl)ccc1CNC1CCOCC1O. The Balaban J connectivity index is 1.35. The van der Waals surface area contributed by atoms with Crippen LogP contribution in [0.25, 0.3) is 33.3 Å². The third-order valence-corrected chi connectivity index (χ3v) is 9.27. The number of aromatic nitrogens is 4. The number of aliphatic hydroxyl groups excluding tert-OH is 1. The lowest BCUT2D eigenvalue weighted by molar-refractivity contribution is -0.0281. The molecule has 14 heteroatoms. The van der Waals surface area contributed by atoms with E-state index in [9.17, 15) is 23.5 Å². The van der Waals surface area contributed by atoms with Crippen LogP contribution in [0.1, 0.15) is 29.7 Å². The van der Waals surface area contributed by atoms with Crippen molar-refractivity contribution in [3.8, 4) is 28.3 Å². The maximum atomic E-state index is 13.9. The molecule has 0 spiro atoms. The van der Waals surface area contributed by atoms with Crippen molar-refractivity contribution in [1.29, 1.82) is 0 Å². The van der Waals surface area contributed by atoms with Crippen LogP contribution in [0.15, 0.2) is 64.2 Å². The Morgan fingerprint density at radius 3 is 2.53 bits per heavy atom. The number of benzene rings is 2. The zero-order valence-electron chi connectivity index (χ0n) is 27.3. The summed E-state index contributed by atoms with van der Waals surface area (Å²) >= 11 is 7.06. The molecule has 1 saturated heterocycles. The molecule has 6 rings (SSSR count). The largest absolute Gasteiger partial charge is 0.481 e. The van der Waals surface area contributed by atoms with Crippen LogP contribution in [-0.4, -0.2) is 56.7 Å². The number of fused-ring (bicyclic) bond motifs is 1. The van der Waals surface area contributed by atoms with Gasteiger partial charge in [0.15, 0.2) is 0 Å². The van der Waals surface area contributed by atoms with E-state index >= 15 is 0 Å². The summed E-state index contributed by atoms with van der Waals surface area (Å²) in [5, 5.41) is 17.1. The van der Waals surface area contributed by atoms with E-state index in [1.807, 2.05) is 43.3 Å². The molecule has 256 valence electrons. The van der Waals surface area contributed by atoms with E-state index in [2.05, 4.69) is 15.6 Å². The van der Waals surface area contributed by atoms with Crippen LogP contribution in [0.2, 0.25) is 5.02 Å². The van der Waals surface area contributed by atoms with E-state index in [4.69, 9.17) is 26.1 Å². The topological polar surface area (TPSA) is 133 Å². The first-order chi connectivity index (χ1) is 23.5. The van der Waals surface area contributed by atoms with Crippen LogP contribution in [0, 0.1) is 6.92 Å². The number of rotatable bonds is 9. The van der Waals surface area contributed by atoms with Crippen molar-refractivity contribution < 1.29 is 23.4 Å². The van der Waals surface area contributed by atoms with Gasteiger partial charge in [-0.3, -0.25) is 13.9 Å². The van der Waals surface area contributed by atoms with Crippen molar-refractivity contribution in [3.05, 3.63) is 97.3 Å². The van der Waals surface area contributed by atoms with Gasteiger partial charge >= 0.3 is 5.69 Å². The average Bonchev–Trinajstić information content (AvgIpc) is 3.10. The molecule has 11 nitrogen and oxygen atoms in total. The highest BCUT2D eigenvalue weighted by Gasteiger charge is 2.24. The van der Waals surface area contributed by atoms with Crippen molar-refractivity contribution in [3.63, 3.8) is 0 Å². The summed E-state index contributed by atoms with van der Waals surface area (Å²) in [7, 11) is 4.28. The summed E-state index contributed by atoms with van der Waals surface area (Å²) < 4.78 is 40.8. The van der Waals surface area contributed by atoms with Gasteiger partial charge in [-0.15, -0.1) is 0 Å². The van der Waals surface area contributed by atoms with Crippen LogP contribution in [0.4, 0.5) is 20.3 Å². The molecular formula is C35H35ClF2N6O5. The molecule has 49 heavy (non-hydrogen) atoms. The standard InChI is InChI=1S/C35H35ClF2N6O5/c1-18-20(7-6-10-23(18)40-32-29-27(15-26(41-32)31(37)38)43(2)35(47)44(3)34(29)46)21-8-5-9-22(30(21)36)24-12-11-19(33(42-24)48-4)16-39-25-13-14-49-17-28(25)45/h5-12,15,25,28,31,39,45H,13-14,16-17H2,1-4H3,(H,40,41). The Morgan fingerprint density at radius 2 is 1.80 bits per heavy atom. The smallest absolute Gasteiger partial charge is 0.330 e.